The third kappa shape index (κ3) is 4.96. The molecule has 0 radical (unpaired) electrons. The quantitative estimate of drug-likeness (QED) is 0.556. The predicted molar refractivity (Wildman–Crippen MR) is 123 cm³/mol. The van der Waals surface area contributed by atoms with Crippen molar-refractivity contribution in [1.29, 1.82) is 0 Å². The molecule has 2 aromatic carbocycles. The lowest BCUT2D eigenvalue weighted by atomic mass is 10.1. The summed E-state index contributed by atoms with van der Waals surface area (Å²) < 4.78 is 57.1. The Morgan fingerprint density at radius 1 is 1.18 bits per heavy atom. The summed E-state index contributed by atoms with van der Waals surface area (Å²) in [4.78, 5) is 39.3. The van der Waals surface area contributed by atoms with E-state index in [0.717, 1.165) is 11.2 Å². The maximum atomic E-state index is 13.5. The fourth-order valence-corrected chi connectivity index (χ4v) is 4.76. The molecule has 0 aliphatic carbocycles. The van der Waals surface area contributed by atoms with Crippen LogP contribution in [0.3, 0.4) is 0 Å². The van der Waals surface area contributed by atoms with E-state index in [1.165, 1.54) is 37.3 Å². The molecule has 3 amide bonds. The van der Waals surface area contributed by atoms with Gasteiger partial charge in [0.15, 0.2) is 11.5 Å². The monoisotopic (exact) mass is 497 g/mol. The number of rotatable bonds is 8. The third-order valence-electron chi connectivity index (χ3n) is 4.87. The van der Waals surface area contributed by atoms with Gasteiger partial charge in [-0.3, -0.25) is 19.3 Å². The molecule has 1 aliphatic heterocycles. The zero-order valence-electron chi connectivity index (χ0n) is 21.0. The molecule has 0 aromatic heterocycles. The number of ether oxygens (including phenoxy) is 2. The first kappa shape index (κ1) is 20.5. The summed E-state index contributed by atoms with van der Waals surface area (Å²) in [7, 11) is -6.54. The maximum Gasteiger partial charge on any atom is 0.264 e. The zero-order chi connectivity index (χ0) is 27.0. The van der Waals surface area contributed by atoms with Crippen LogP contribution in [-0.4, -0.2) is 56.7 Å². The van der Waals surface area contributed by atoms with Gasteiger partial charge in [-0.2, -0.15) is 0 Å². The van der Waals surface area contributed by atoms with Gasteiger partial charge in [-0.15, -0.1) is 0 Å². The van der Waals surface area contributed by atoms with Crippen LogP contribution in [0.2, 0.25) is 5.02 Å². The van der Waals surface area contributed by atoms with E-state index < -0.39 is 46.4 Å². The minimum atomic E-state index is -3.76. The highest BCUT2D eigenvalue weighted by molar-refractivity contribution is 7.90. The van der Waals surface area contributed by atoms with Gasteiger partial charge in [-0.05, 0) is 36.8 Å². The number of nitrogens with one attached hydrogen (secondary N) is 1. The second-order valence-corrected chi connectivity index (χ2v) is 9.95. The number of sulfone groups is 1. The summed E-state index contributed by atoms with van der Waals surface area (Å²) in [6.45, 7) is 3.00. The molecule has 1 heterocycles. The van der Waals surface area contributed by atoms with Crippen molar-refractivity contribution < 1.29 is 36.4 Å². The van der Waals surface area contributed by atoms with Crippen molar-refractivity contribution in [3.63, 3.8) is 0 Å². The lowest BCUT2D eigenvalue weighted by Gasteiger charge is -2.27. The second-order valence-electron chi connectivity index (χ2n) is 7.36. The number of carbonyl (C=O) groups is 3. The minimum absolute atomic E-state index is 0.0156. The highest BCUT2D eigenvalue weighted by Crippen LogP contribution is 2.40. The summed E-state index contributed by atoms with van der Waals surface area (Å²) in [5.41, 5.74) is -0.0989. The molecule has 176 valence electrons. The van der Waals surface area contributed by atoms with Crippen molar-refractivity contribution in [3.8, 4) is 11.5 Å². The van der Waals surface area contributed by atoms with Gasteiger partial charge < -0.3 is 14.8 Å². The number of hydrogen-bond acceptors (Lipinski definition) is 7. The molecule has 11 heteroatoms. The summed E-state index contributed by atoms with van der Waals surface area (Å²) in [6, 6.07) is 5.32. The first-order chi connectivity index (χ1) is 16.6. The summed E-state index contributed by atoms with van der Waals surface area (Å²) >= 11 is 6.22. The van der Waals surface area contributed by atoms with Gasteiger partial charge in [0.25, 0.3) is 11.8 Å². The van der Waals surface area contributed by atoms with Crippen LogP contribution in [0.15, 0.2) is 30.3 Å². The van der Waals surface area contributed by atoms with E-state index >= 15 is 0 Å². The highest BCUT2D eigenvalue weighted by Gasteiger charge is 2.44. The fraction of sp³-hybridized carbons (Fsp3) is 0.318. The number of halogens is 1. The first-order valence-corrected chi connectivity index (χ1v) is 12.2. The molecule has 9 nitrogen and oxygen atoms in total. The van der Waals surface area contributed by atoms with Crippen molar-refractivity contribution in [2.75, 3.05) is 31.0 Å². The number of methoxy groups -OCH3 is 1. The number of amides is 3. The molecule has 1 N–H and O–H groups in total. The largest absolute Gasteiger partial charge is 0.493 e. The molecule has 0 spiro atoms. The SMILES string of the molecule is [2H]C([2H])([2H])Oc1ccc(C(CS(C)(=O)=O)N2C(=O)c3c(Cl)ccc(NC(C)=O)c3C2=O)cc1OCC. The first-order valence-electron chi connectivity index (χ1n) is 11.2. The van der Waals surface area contributed by atoms with Gasteiger partial charge in [0.05, 0.1) is 51.4 Å². The van der Waals surface area contributed by atoms with Gasteiger partial charge in [-0.1, -0.05) is 17.7 Å². The molecular weight excluding hydrogens is 472 g/mol. The molecule has 33 heavy (non-hydrogen) atoms. The van der Waals surface area contributed by atoms with E-state index in [0.29, 0.717) is 0 Å². The van der Waals surface area contributed by atoms with E-state index in [9.17, 15) is 22.8 Å². The van der Waals surface area contributed by atoms with Gasteiger partial charge in [0, 0.05) is 13.2 Å². The lowest BCUT2D eigenvalue weighted by Crippen LogP contribution is -2.37. The average molecular weight is 498 g/mol. The van der Waals surface area contributed by atoms with Crippen molar-refractivity contribution in [3.05, 3.63) is 52.0 Å². The van der Waals surface area contributed by atoms with Gasteiger partial charge in [-0.25, -0.2) is 8.42 Å². The summed E-state index contributed by atoms with van der Waals surface area (Å²) in [5.74, 6) is -2.97. The minimum Gasteiger partial charge on any atom is -0.493 e. The van der Waals surface area contributed by atoms with E-state index in [1.807, 2.05) is 0 Å². The number of nitrogens with zero attached hydrogens (tertiary/aromatic N) is 1. The molecule has 0 fully saturated rings. The van der Waals surface area contributed by atoms with Gasteiger partial charge in [0.2, 0.25) is 5.91 Å². The maximum absolute atomic E-state index is 13.5. The number of imide groups is 1. The van der Waals surface area contributed by atoms with Crippen LogP contribution in [0.1, 0.15) is 50.3 Å². The Morgan fingerprint density at radius 2 is 1.88 bits per heavy atom. The molecule has 1 aliphatic rings. The number of benzene rings is 2. The van der Waals surface area contributed by atoms with Crippen molar-refractivity contribution >= 4 is 44.8 Å². The van der Waals surface area contributed by atoms with E-state index in [2.05, 4.69) is 5.32 Å². The number of hydrogen-bond donors (Lipinski definition) is 1. The number of carbonyl (C=O) groups excluding carboxylic acids is 3. The van der Waals surface area contributed by atoms with Crippen LogP contribution in [0, 0.1) is 0 Å². The molecule has 0 saturated heterocycles. The van der Waals surface area contributed by atoms with Crippen LogP contribution >= 0.6 is 11.6 Å². The molecule has 2 aromatic rings. The predicted octanol–water partition coefficient (Wildman–Crippen LogP) is 3.09. The highest BCUT2D eigenvalue weighted by atomic mass is 35.5. The fourth-order valence-electron chi connectivity index (χ4n) is 3.61. The molecule has 0 bridgehead atoms. The van der Waals surface area contributed by atoms with Crippen molar-refractivity contribution in [2.24, 2.45) is 0 Å². The van der Waals surface area contributed by atoms with Crippen LogP contribution in [0.4, 0.5) is 5.69 Å². The normalized spacial score (nSPS) is 15.9. The van der Waals surface area contributed by atoms with Crippen LogP contribution in [-0.2, 0) is 14.6 Å². The number of fused-ring (bicyclic) bond motifs is 1. The molecule has 1 atom stereocenters. The van der Waals surface area contributed by atoms with E-state index in [-0.39, 0.29) is 45.5 Å². The third-order valence-corrected chi connectivity index (χ3v) is 6.10. The summed E-state index contributed by atoms with van der Waals surface area (Å²) in [5, 5.41) is 2.43. The average Bonchev–Trinajstić information content (AvgIpc) is 2.99. The Hall–Kier alpha value is -3.11. The van der Waals surface area contributed by atoms with E-state index in [4.69, 9.17) is 25.2 Å². The molecule has 1 unspecified atom stereocenters. The van der Waals surface area contributed by atoms with E-state index in [1.54, 1.807) is 6.92 Å². The lowest BCUT2D eigenvalue weighted by molar-refractivity contribution is -0.114. The molecule has 3 rings (SSSR count). The van der Waals surface area contributed by atoms with Crippen molar-refractivity contribution in [1.82, 2.24) is 4.90 Å². The molecule has 0 saturated carbocycles. The van der Waals surface area contributed by atoms with Gasteiger partial charge >= 0.3 is 0 Å². The Morgan fingerprint density at radius 3 is 2.48 bits per heavy atom. The van der Waals surface area contributed by atoms with Crippen LogP contribution in [0.5, 0.6) is 11.5 Å². The van der Waals surface area contributed by atoms with Crippen molar-refractivity contribution in [2.45, 2.75) is 19.9 Å². The Bertz CT molecular complexity index is 1350. The second kappa shape index (κ2) is 9.40. The van der Waals surface area contributed by atoms with Crippen LogP contribution < -0.4 is 14.8 Å². The number of anilines is 1. The Balaban J connectivity index is 2.16. The Kier molecular flexibility index (Phi) is 5.84. The molecular formula is C22H23ClN2O7S. The standard InChI is InChI=1S/C22H23ClN2O7S/c1-5-32-18-10-13(6-9-17(18)31-3)16(11-33(4,29)30)25-21(27)19-14(23)7-8-15(24-12(2)26)20(19)22(25)28/h6-10,16H,5,11H2,1-4H3,(H,24,26)/i3D3. The smallest absolute Gasteiger partial charge is 0.264 e. The topological polar surface area (TPSA) is 119 Å². The Labute approximate surface area is 200 Å². The van der Waals surface area contributed by atoms with Gasteiger partial charge in [0.1, 0.15) is 9.84 Å². The van der Waals surface area contributed by atoms with Crippen LogP contribution in [0.25, 0.3) is 0 Å². The summed E-state index contributed by atoms with van der Waals surface area (Å²) in [6.07, 6.45) is 0.948. The zero-order valence-corrected chi connectivity index (χ0v) is 19.5.